The Labute approximate surface area is 106 Å². The standard InChI is InChI=1S/C11H7BrClFN2/c1-6-4-7(14)2-3-8(6)11-15-5-9(12)10(13)16-11/h2-5H,1H3. The van der Waals surface area contributed by atoms with Crippen LogP contribution in [0.4, 0.5) is 4.39 Å². The highest BCUT2D eigenvalue weighted by Crippen LogP contribution is 2.25. The lowest BCUT2D eigenvalue weighted by Crippen LogP contribution is -1.92. The quantitative estimate of drug-likeness (QED) is 0.744. The van der Waals surface area contributed by atoms with Gasteiger partial charge in [0, 0.05) is 11.8 Å². The summed E-state index contributed by atoms with van der Waals surface area (Å²) in [6.45, 7) is 1.80. The van der Waals surface area contributed by atoms with Crippen molar-refractivity contribution in [2.75, 3.05) is 0 Å². The molecule has 0 atom stereocenters. The Hall–Kier alpha value is -1.000. The van der Waals surface area contributed by atoms with Crippen molar-refractivity contribution in [2.45, 2.75) is 6.92 Å². The van der Waals surface area contributed by atoms with Crippen LogP contribution in [0, 0.1) is 12.7 Å². The Morgan fingerprint density at radius 3 is 2.75 bits per heavy atom. The van der Waals surface area contributed by atoms with Crippen LogP contribution in [0.15, 0.2) is 28.9 Å². The molecule has 0 aliphatic rings. The Morgan fingerprint density at radius 1 is 1.38 bits per heavy atom. The number of benzene rings is 1. The molecule has 16 heavy (non-hydrogen) atoms. The maximum absolute atomic E-state index is 12.9. The Bertz CT molecular complexity index is 546. The second-order valence-corrected chi connectivity index (χ2v) is 4.50. The van der Waals surface area contributed by atoms with Gasteiger partial charge >= 0.3 is 0 Å². The topological polar surface area (TPSA) is 25.8 Å². The van der Waals surface area contributed by atoms with E-state index in [4.69, 9.17) is 11.6 Å². The second-order valence-electron chi connectivity index (χ2n) is 3.29. The first kappa shape index (κ1) is 11.5. The molecule has 0 saturated carbocycles. The first-order valence-electron chi connectivity index (χ1n) is 4.52. The van der Waals surface area contributed by atoms with Crippen molar-refractivity contribution in [3.63, 3.8) is 0 Å². The molecule has 0 amide bonds. The molecule has 0 aliphatic heterocycles. The monoisotopic (exact) mass is 300 g/mol. The average molecular weight is 302 g/mol. The van der Waals surface area contributed by atoms with Gasteiger partial charge in [-0.3, -0.25) is 0 Å². The Kier molecular flexibility index (Phi) is 3.21. The minimum Gasteiger partial charge on any atom is -0.235 e. The van der Waals surface area contributed by atoms with Crippen LogP contribution in [0.3, 0.4) is 0 Å². The molecule has 0 fully saturated rings. The zero-order valence-electron chi connectivity index (χ0n) is 8.34. The lowest BCUT2D eigenvalue weighted by molar-refractivity contribution is 0.627. The summed E-state index contributed by atoms with van der Waals surface area (Å²) < 4.78 is 13.6. The van der Waals surface area contributed by atoms with E-state index in [-0.39, 0.29) is 5.82 Å². The zero-order chi connectivity index (χ0) is 11.7. The molecular formula is C11H7BrClFN2. The van der Waals surface area contributed by atoms with Crippen LogP contribution >= 0.6 is 27.5 Å². The average Bonchev–Trinajstić information content (AvgIpc) is 2.22. The van der Waals surface area contributed by atoms with Crippen molar-refractivity contribution in [1.29, 1.82) is 0 Å². The highest BCUT2D eigenvalue weighted by Gasteiger charge is 2.08. The summed E-state index contributed by atoms with van der Waals surface area (Å²) in [4.78, 5) is 8.25. The van der Waals surface area contributed by atoms with Gasteiger partial charge in [-0.05, 0) is 46.6 Å². The molecule has 2 rings (SSSR count). The van der Waals surface area contributed by atoms with Gasteiger partial charge in [0.1, 0.15) is 11.0 Å². The van der Waals surface area contributed by atoms with E-state index in [9.17, 15) is 4.39 Å². The molecule has 0 spiro atoms. The maximum atomic E-state index is 12.9. The van der Waals surface area contributed by atoms with Crippen LogP contribution in [0.2, 0.25) is 5.15 Å². The predicted molar refractivity (Wildman–Crippen MR) is 64.9 cm³/mol. The number of hydrogen-bond donors (Lipinski definition) is 0. The number of halogens is 3. The van der Waals surface area contributed by atoms with E-state index >= 15 is 0 Å². The van der Waals surface area contributed by atoms with Gasteiger partial charge in [0.25, 0.3) is 0 Å². The lowest BCUT2D eigenvalue weighted by Gasteiger charge is -2.05. The third-order valence-corrected chi connectivity index (χ3v) is 3.23. The number of aryl methyl sites for hydroxylation is 1. The molecule has 2 aromatic rings. The fraction of sp³-hybridized carbons (Fsp3) is 0.0909. The van der Waals surface area contributed by atoms with Crippen molar-refractivity contribution in [2.24, 2.45) is 0 Å². The third kappa shape index (κ3) is 2.23. The number of rotatable bonds is 1. The van der Waals surface area contributed by atoms with Gasteiger partial charge in [-0.1, -0.05) is 11.6 Å². The number of aromatic nitrogens is 2. The molecule has 0 saturated heterocycles. The summed E-state index contributed by atoms with van der Waals surface area (Å²) in [6.07, 6.45) is 1.58. The minimum atomic E-state index is -0.274. The molecule has 82 valence electrons. The molecule has 0 aliphatic carbocycles. The van der Waals surface area contributed by atoms with Crippen LogP contribution in [0.5, 0.6) is 0 Å². The van der Waals surface area contributed by atoms with Crippen LogP contribution in [-0.2, 0) is 0 Å². The first-order valence-corrected chi connectivity index (χ1v) is 5.69. The summed E-state index contributed by atoms with van der Waals surface area (Å²) in [5.41, 5.74) is 1.55. The molecule has 1 aromatic heterocycles. The Balaban J connectivity index is 2.54. The molecule has 0 unspecified atom stereocenters. The lowest BCUT2D eigenvalue weighted by atomic mass is 10.1. The van der Waals surface area contributed by atoms with Gasteiger partial charge in [-0.15, -0.1) is 0 Å². The highest BCUT2D eigenvalue weighted by atomic mass is 79.9. The van der Waals surface area contributed by atoms with Gasteiger partial charge in [0.2, 0.25) is 0 Å². The summed E-state index contributed by atoms with van der Waals surface area (Å²) >= 11 is 9.09. The molecular weight excluding hydrogens is 294 g/mol. The van der Waals surface area contributed by atoms with Crippen molar-refractivity contribution in [1.82, 2.24) is 9.97 Å². The summed E-state index contributed by atoms with van der Waals surface area (Å²) in [7, 11) is 0. The van der Waals surface area contributed by atoms with Crippen molar-refractivity contribution >= 4 is 27.5 Å². The van der Waals surface area contributed by atoms with Crippen molar-refractivity contribution < 1.29 is 4.39 Å². The summed E-state index contributed by atoms with van der Waals surface area (Å²) in [5.74, 6) is 0.218. The van der Waals surface area contributed by atoms with Crippen LogP contribution in [0.1, 0.15) is 5.56 Å². The molecule has 0 radical (unpaired) electrons. The third-order valence-electron chi connectivity index (χ3n) is 2.13. The van der Waals surface area contributed by atoms with Gasteiger partial charge < -0.3 is 0 Å². The van der Waals surface area contributed by atoms with Crippen LogP contribution < -0.4 is 0 Å². The fourth-order valence-electron chi connectivity index (χ4n) is 1.35. The van der Waals surface area contributed by atoms with E-state index in [0.29, 0.717) is 15.5 Å². The first-order chi connectivity index (χ1) is 7.58. The van der Waals surface area contributed by atoms with Gasteiger partial charge in [-0.25, -0.2) is 14.4 Å². The Morgan fingerprint density at radius 2 is 2.12 bits per heavy atom. The van der Waals surface area contributed by atoms with Gasteiger partial charge in [0.05, 0.1) is 4.47 Å². The predicted octanol–water partition coefficient (Wildman–Crippen LogP) is 4.01. The van der Waals surface area contributed by atoms with E-state index in [0.717, 1.165) is 11.1 Å². The SMILES string of the molecule is Cc1cc(F)ccc1-c1ncc(Br)c(Cl)n1. The normalized spacial score (nSPS) is 10.5. The molecule has 2 nitrogen and oxygen atoms in total. The molecule has 1 aromatic carbocycles. The van der Waals surface area contributed by atoms with E-state index in [2.05, 4.69) is 25.9 Å². The van der Waals surface area contributed by atoms with Crippen LogP contribution in [0.25, 0.3) is 11.4 Å². The molecule has 5 heteroatoms. The van der Waals surface area contributed by atoms with E-state index in [1.54, 1.807) is 19.2 Å². The molecule has 1 heterocycles. The smallest absolute Gasteiger partial charge is 0.161 e. The molecule has 0 N–H and O–H groups in total. The minimum absolute atomic E-state index is 0.274. The highest BCUT2D eigenvalue weighted by molar-refractivity contribution is 9.10. The maximum Gasteiger partial charge on any atom is 0.161 e. The molecule has 0 bridgehead atoms. The van der Waals surface area contributed by atoms with E-state index in [1.807, 2.05) is 0 Å². The number of nitrogens with zero attached hydrogens (tertiary/aromatic N) is 2. The van der Waals surface area contributed by atoms with E-state index < -0.39 is 0 Å². The fourth-order valence-corrected chi connectivity index (χ4v) is 1.67. The zero-order valence-corrected chi connectivity index (χ0v) is 10.7. The van der Waals surface area contributed by atoms with Crippen molar-refractivity contribution in [3.05, 3.63) is 45.4 Å². The largest absolute Gasteiger partial charge is 0.235 e. The van der Waals surface area contributed by atoms with Crippen LogP contribution in [-0.4, -0.2) is 9.97 Å². The van der Waals surface area contributed by atoms with E-state index in [1.165, 1.54) is 12.1 Å². The summed E-state index contributed by atoms with van der Waals surface area (Å²) in [6, 6.07) is 4.46. The van der Waals surface area contributed by atoms with Crippen molar-refractivity contribution in [3.8, 4) is 11.4 Å². The second kappa shape index (κ2) is 4.47. The number of hydrogen-bond acceptors (Lipinski definition) is 2. The van der Waals surface area contributed by atoms with Gasteiger partial charge in [-0.2, -0.15) is 0 Å². The summed E-state index contributed by atoms with van der Waals surface area (Å²) in [5, 5.41) is 0.341. The van der Waals surface area contributed by atoms with Gasteiger partial charge in [0.15, 0.2) is 5.82 Å².